The summed E-state index contributed by atoms with van der Waals surface area (Å²) >= 11 is 3.61. The number of nitrogens with one attached hydrogen (secondary N) is 1. The van der Waals surface area contributed by atoms with Crippen molar-refractivity contribution in [2.24, 2.45) is 7.05 Å². The predicted molar refractivity (Wildman–Crippen MR) is 81.8 cm³/mol. The summed E-state index contributed by atoms with van der Waals surface area (Å²) < 4.78 is 8.18. The average molecular weight is 339 g/mol. The summed E-state index contributed by atoms with van der Waals surface area (Å²) in [6.07, 6.45) is 2.36. The Morgan fingerprint density at radius 2 is 2.25 bits per heavy atom. The molecule has 1 N–H and O–H groups in total. The van der Waals surface area contributed by atoms with E-state index in [1.165, 1.54) is 0 Å². The lowest BCUT2D eigenvalue weighted by molar-refractivity contribution is 0.412. The van der Waals surface area contributed by atoms with Gasteiger partial charge < -0.3 is 10.1 Å². The molecule has 5 nitrogen and oxygen atoms in total. The molecule has 0 aliphatic rings. The largest absolute Gasteiger partial charge is 0.497 e. The molecule has 0 aliphatic heterocycles. The monoisotopic (exact) mass is 338 g/mol. The van der Waals surface area contributed by atoms with Crippen LogP contribution in [-0.2, 0) is 13.5 Å². The van der Waals surface area contributed by atoms with Gasteiger partial charge in [-0.25, -0.2) is 4.98 Å². The van der Waals surface area contributed by atoms with Crippen molar-refractivity contribution in [3.63, 3.8) is 0 Å². The number of hydrogen-bond acceptors (Lipinski definition) is 4. The van der Waals surface area contributed by atoms with Crippen molar-refractivity contribution in [1.29, 1.82) is 0 Å². The Hall–Kier alpha value is -1.40. The summed E-state index contributed by atoms with van der Waals surface area (Å²) in [5.41, 5.74) is 1.16. The average Bonchev–Trinajstić information content (AvgIpc) is 2.84. The summed E-state index contributed by atoms with van der Waals surface area (Å²) in [7, 11) is 3.59. The Labute approximate surface area is 127 Å². The molecule has 1 aromatic heterocycles. The second kappa shape index (κ2) is 6.85. The van der Waals surface area contributed by atoms with Gasteiger partial charge in [-0.15, -0.1) is 0 Å². The molecule has 6 heteroatoms. The Bertz CT molecular complexity index is 570. The lowest BCUT2D eigenvalue weighted by Crippen LogP contribution is -2.24. The molecular formula is C14H19BrN4O. The van der Waals surface area contributed by atoms with Gasteiger partial charge in [0.15, 0.2) is 0 Å². The first-order chi connectivity index (χ1) is 9.65. The van der Waals surface area contributed by atoms with Crippen LogP contribution >= 0.6 is 15.9 Å². The fourth-order valence-electron chi connectivity index (χ4n) is 2.14. The Balaban J connectivity index is 2.30. The molecule has 108 valence electrons. The quantitative estimate of drug-likeness (QED) is 0.879. The number of nitrogens with zero attached hydrogens (tertiary/aromatic N) is 3. The van der Waals surface area contributed by atoms with Crippen LogP contribution in [0.15, 0.2) is 29.0 Å². The Morgan fingerprint density at radius 1 is 1.45 bits per heavy atom. The minimum atomic E-state index is 0.160. The second-order valence-electron chi connectivity index (χ2n) is 4.50. The number of halogens is 1. The Morgan fingerprint density at radius 3 is 2.85 bits per heavy atom. The zero-order valence-corrected chi connectivity index (χ0v) is 13.5. The third-order valence-electron chi connectivity index (χ3n) is 3.22. The van der Waals surface area contributed by atoms with Crippen molar-refractivity contribution in [2.45, 2.75) is 19.4 Å². The maximum absolute atomic E-state index is 5.32. The molecular weight excluding hydrogens is 320 g/mol. The van der Waals surface area contributed by atoms with Gasteiger partial charge in [-0.05, 0) is 30.3 Å². The summed E-state index contributed by atoms with van der Waals surface area (Å²) in [6, 6.07) is 6.16. The lowest BCUT2D eigenvalue weighted by atomic mass is 10.0. The van der Waals surface area contributed by atoms with Crippen LogP contribution in [0.2, 0.25) is 0 Å². The van der Waals surface area contributed by atoms with E-state index >= 15 is 0 Å². The van der Waals surface area contributed by atoms with Gasteiger partial charge >= 0.3 is 0 Å². The van der Waals surface area contributed by atoms with E-state index in [1.54, 1.807) is 18.1 Å². The SMILES string of the molecule is CCNC(Cc1ncnn1C)c1cc(OC)ccc1Br. The molecule has 0 saturated heterocycles. The normalized spacial score (nSPS) is 12.4. The van der Waals surface area contributed by atoms with Crippen molar-refractivity contribution >= 4 is 15.9 Å². The topological polar surface area (TPSA) is 52.0 Å². The fraction of sp³-hybridized carbons (Fsp3) is 0.429. The van der Waals surface area contributed by atoms with Crippen LogP contribution < -0.4 is 10.1 Å². The van der Waals surface area contributed by atoms with E-state index in [4.69, 9.17) is 4.74 Å². The molecule has 2 rings (SSSR count). The van der Waals surface area contributed by atoms with E-state index in [1.807, 2.05) is 25.2 Å². The predicted octanol–water partition coefficient (Wildman–Crippen LogP) is 2.48. The van der Waals surface area contributed by atoms with Crippen LogP contribution in [0.25, 0.3) is 0 Å². The van der Waals surface area contributed by atoms with E-state index in [2.05, 4.69) is 38.3 Å². The van der Waals surface area contributed by atoms with E-state index < -0.39 is 0 Å². The van der Waals surface area contributed by atoms with Crippen LogP contribution in [0.5, 0.6) is 5.75 Å². The van der Waals surface area contributed by atoms with E-state index in [0.29, 0.717) is 0 Å². The van der Waals surface area contributed by atoms with Crippen molar-refractivity contribution in [1.82, 2.24) is 20.1 Å². The molecule has 1 aromatic carbocycles. The van der Waals surface area contributed by atoms with Gasteiger partial charge in [-0.2, -0.15) is 5.10 Å². The van der Waals surface area contributed by atoms with Crippen molar-refractivity contribution < 1.29 is 4.74 Å². The van der Waals surface area contributed by atoms with Gasteiger partial charge in [0, 0.05) is 24.0 Å². The zero-order chi connectivity index (χ0) is 14.5. The molecule has 0 radical (unpaired) electrons. The highest BCUT2D eigenvalue weighted by molar-refractivity contribution is 9.10. The number of aromatic nitrogens is 3. The molecule has 1 unspecified atom stereocenters. The number of aryl methyl sites for hydroxylation is 1. The summed E-state index contributed by atoms with van der Waals surface area (Å²) in [5.74, 6) is 1.80. The number of methoxy groups -OCH3 is 1. The van der Waals surface area contributed by atoms with Gasteiger partial charge in [0.25, 0.3) is 0 Å². The first-order valence-electron chi connectivity index (χ1n) is 6.55. The van der Waals surface area contributed by atoms with Crippen LogP contribution in [0, 0.1) is 0 Å². The standard InChI is InChI=1S/C14H19BrN4O/c1-4-16-13(8-14-17-9-18-19(14)2)11-7-10(20-3)5-6-12(11)15/h5-7,9,13,16H,4,8H2,1-3H3. The highest BCUT2D eigenvalue weighted by Crippen LogP contribution is 2.29. The number of rotatable bonds is 6. The van der Waals surface area contributed by atoms with Gasteiger partial charge in [-0.3, -0.25) is 4.68 Å². The molecule has 2 aromatic rings. The van der Waals surface area contributed by atoms with Gasteiger partial charge in [0.05, 0.1) is 7.11 Å². The van der Waals surface area contributed by atoms with E-state index in [9.17, 15) is 0 Å². The highest BCUT2D eigenvalue weighted by atomic mass is 79.9. The van der Waals surface area contributed by atoms with Crippen LogP contribution in [0.3, 0.4) is 0 Å². The third kappa shape index (κ3) is 3.37. The first kappa shape index (κ1) is 15.0. The lowest BCUT2D eigenvalue weighted by Gasteiger charge is -2.20. The molecule has 0 fully saturated rings. The molecule has 0 amide bonds. The van der Waals surface area contributed by atoms with E-state index in [-0.39, 0.29) is 6.04 Å². The van der Waals surface area contributed by atoms with Gasteiger partial charge in [0.1, 0.15) is 17.9 Å². The number of ether oxygens (including phenoxy) is 1. The minimum absolute atomic E-state index is 0.160. The number of hydrogen-bond donors (Lipinski definition) is 1. The molecule has 0 spiro atoms. The van der Waals surface area contributed by atoms with E-state index in [0.717, 1.165) is 34.6 Å². The summed E-state index contributed by atoms with van der Waals surface area (Å²) in [6.45, 7) is 2.98. The van der Waals surface area contributed by atoms with Crippen LogP contribution in [-0.4, -0.2) is 28.4 Å². The zero-order valence-electron chi connectivity index (χ0n) is 11.9. The molecule has 0 bridgehead atoms. The first-order valence-corrected chi connectivity index (χ1v) is 7.34. The highest BCUT2D eigenvalue weighted by Gasteiger charge is 2.17. The molecule has 0 saturated carbocycles. The summed E-state index contributed by atoms with van der Waals surface area (Å²) in [5, 5.41) is 7.61. The number of likely N-dealkylation sites (N-methyl/N-ethyl adjacent to an activating group) is 1. The minimum Gasteiger partial charge on any atom is -0.497 e. The number of benzene rings is 1. The fourth-order valence-corrected chi connectivity index (χ4v) is 2.66. The molecule has 1 atom stereocenters. The van der Waals surface area contributed by atoms with Crippen LogP contribution in [0.4, 0.5) is 0 Å². The van der Waals surface area contributed by atoms with Gasteiger partial charge in [-0.1, -0.05) is 22.9 Å². The molecule has 0 aliphatic carbocycles. The third-order valence-corrected chi connectivity index (χ3v) is 3.94. The molecule has 20 heavy (non-hydrogen) atoms. The van der Waals surface area contributed by atoms with Crippen molar-refractivity contribution in [3.05, 3.63) is 40.4 Å². The van der Waals surface area contributed by atoms with Crippen molar-refractivity contribution in [3.8, 4) is 5.75 Å². The van der Waals surface area contributed by atoms with Crippen molar-refractivity contribution in [2.75, 3.05) is 13.7 Å². The molecule has 1 heterocycles. The maximum atomic E-state index is 5.32. The van der Waals surface area contributed by atoms with Gasteiger partial charge in [0.2, 0.25) is 0 Å². The maximum Gasteiger partial charge on any atom is 0.138 e. The van der Waals surface area contributed by atoms with Crippen LogP contribution in [0.1, 0.15) is 24.4 Å². The smallest absolute Gasteiger partial charge is 0.138 e. The summed E-state index contributed by atoms with van der Waals surface area (Å²) in [4.78, 5) is 4.30. The Kier molecular flexibility index (Phi) is 5.14. The second-order valence-corrected chi connectivity index (χ2v) is 5.36.